The summed E-state index contributed by atoms with van der Waals surface area (Å²) in [5, 5.41) is 1.58. The third kappa shape index (κ3) is 5.40. The van der Waals surface area contributed by atoms with Crippen LogP contribution < -0.4 is 5.32 Å². The van der Waals surface area contributed by atoms with Gasteiger partial charge in [-0.05, 0) is 60.1 Å². The summed E-state index contributed by atoms with van der Waals surface area (Å²) in [5.74, 6) is 0. The topological polar surface area (TPSA) is 49.4 Å². The van der Waals surface area contributed by atoms with Gasteiger partial charge >= 0.3 is 17.6 Å². The fourth-order valence-corrected chi connectivity index (χ4v) is 2.63. The van der Waals surface area contributed by atoms with Crippen LogP contribution in [0.1, 0.15) is 5.56 Å². The summed E-state index contributed by atoms with van der Waals surface area (Å²) >= 11 is 6.48. The van der Waals surface area contributed by atoms with Crippen molar-refractivity contribution in [2.24, 2.45) is 0 Å². The zero-order valence-corrected chi connectivity index (χ0v) is 14.4. The highest BCUT2D eigenvalue weighted by Crippen LogP contribution is 2.33. The summed E-state index contributed by atoms with van der Waals surface area (Å²) in [6.45, 7) is 0. The van der Waals surface area contributed by atoms with E-state index >= 15 is 0 Å². The smallest absolute Gasteiger partial charge is 0.307 e. The lowest BCUT2D eigenvalue weighted by atomic mass is 10.2. The van der Waals surface area contributed by atoms with Crippen molar-refractivity contribution in [3.63, 3.8) is 0 Å². The normalized spacial score (nSPS) is 11.1. The molecule has 1 N–H and O–H groups in total. The van der Waals surface area contributed by atoms with Crippen molar-refractivity contribution in [1.29, 1.82) is 0 Å². The van der Waals surface area contributed by atoms with Crippen LogP contribution in [-0.4, -0.2) is 23.3 Å². The molecular formula is C16H12ClF3N2O2S. The van der Waals surface area contributed by atoms with Crippen LogP contribution in [0.25, 0.3) is 0 Å². The molecule has 0 saturated carbocycles. The van der Waals surface area contributed by atoms with Gasteiger partial charge < -0.3 is 5.32 Å². The van der Waals surface area contributed by atoms with E-state index < -0.39 is 23.1 Å². The molecule has 25 heavy (non-hydrogen) atoms. The fraction of sp³-hybridized carbons (Fsp3) is 0.125. The Balaban J connectivity index is 2.01. The average Bonchev–Trinajstić information content (AvgIpc) is 2.55. The van der Waals surface area contributed by atoms with E-state index in [2.05, 4.69) is 5.32 Å². The number of halogens is 4. The molecule has 0 aliphatic rings. The molecule has 4 nitrogen and oxygen atoms in total. The number of nitrogens with zero attached hydrogens (tertiary/aromatic N) is 1. The van der Waals surface area contributed by atoms with E-state index in [0.717, 1.165) is 17.0 Å². The van der Waals surface area contributed by atoms with Crippen molar-refractivity contribution in [2.45, 2.75) is 16.0 Å². The van der Waals surface area contributed by atoms with Crippen LogP contribution in [0.2, 0.25) is 0 Å². The lowest BCUT2D eigenvalue weighted by Gasteiger charge is -2.13. The molecule has 0 unspecified atom stereocenters. The number of carbonyl (C=O) groups excluding carboxylic acids is 2. The monoisotopic (exact) mass is 388 g/mol. The van der Waals surface area contributed by atoms with Gasteiger partial charge in [0.15, 0.2) is 0 Å². The zero-order chi connectivity index (χ0) is 18.6. The largest absolute Gasteiger partial charge is 0.416 e. The molecule has 0 saturated heterocycles. The second-order valence-electron chi connectivity index (χ2n) is 4.89. The van der Waals surface area contributed by atoms with Crippen LogP contribution in [-0.2, 0) is 6.18 Å². The molecule has 0 aliphatic carbocycles. The molecule has 0 radical (unpaired) electrons. The standard InChI is InChI=1S/C16H12ClF3N2O2S/c1-22(14(17)23)15(24)21-11-4-8-13(9-5-11)25-12-6-2-10(3-7-12)16(18,19)20/h2-9H,1H3,(H,21,24). The Hall–Kier alpha value is -2.19. The summed E-state index contributed by atoms with van der Waals surface area (Å²) in [7, 11) is 1.24. The average molecular weight is 389 g/mol. The number of urea groups is 1. The lowest BCUT2D eigenvalue weighted by molar-refractivity contribution is -0.137. The molecule has 2 aromatic carbocycles. The SMILES string of the molecule is CN(C(=O)Cl)C(=O)Nc1ccc(Sc2ccc(C(F)(F)F)cc2)cc1. The van der Waals surface area contributed by atoms with E-state index in [9.17, 15) is 22.8 Å². The first-order valence-electron chi connectivity index (χ1n) is 6.86. The number of hydrogen-bond acceptors (Lipinski definition) is 3. The number of imide groups is 1. The third-order valence-electron chi connectivity index (χ3n) is 3.09. The first-order chi connectivity index (χ1) is 11.7. The zero-order valence-electron chi connectivity index (χ0n) is 12.8. The molecule has 0 aliphatic heterocycles. The number of carbonyl (C=O) groups is 2. The summed E-state index contributed by atoms with van der Waals surface area (Å²) in [5.41, 5.74) is -0.251. The Morgan fingerprint density at radius 3 is 1.92 bits per heavy atom. The molecule has 0 atom stereocenters. The van der Waals surface area contributed by atoms with Crippen LogP contribution >= 0.6 is 23.4 Å². The van der Waals surface area contributed by atoms with Crippen LogP contribution in [0.5, 0.6) is 0 Å². The van der Waals surface area contributed by atoms with Crippen molar-refractivity contribution in [1.82, 2.24) is 4.90 Å². The molecule has 9 heteroatoms. The predicted octanol–water partition coefficient (Wildman–Crippen LogP) is 5.68. The molecular weight excluding hydrogens is 377 g/mol. The van der Waals surface area contributed by atoms with Crippen LogP contribution in [0.15, 0.2) is 58.3 Å². The maximum absolute atomic E-state index is 12.5. The lowest BCUT2D eigenvalue weighted by Crippen LogP contribution is -2.33. The molecule has 132 valence electrons. The second-order valence-corrected chi connectivity index (χ2v) is 6.36. The highest BCUT2D eigenvalue weighted by atomic mass is 35.5. The fourth-order valence-electron chi connectivity index (χ4n) is 1.74. The number of nitrogens with one attached hydrogen (secondary N) is 1. The van der Waals surface area contributed by atoms with Gasteiger partial charge in [-0.3, -0.25) is 9.69 Å². The maximum atomic E-state index is 12.5. The summed E-state index contributed by atoms with van der Waals surface area (Å²) in [4.78, 5) is 24.7. The highest BCUT2D eigenvalue weighted by Gasteiger charge is 2.29. The number of hydrogen-bond donors (Lipinski definition) is 1. The highest BCUT2D eigenvalue weighted by molar-refractivity contribution is 7.99. The van der Waals surface area contributed by atoms with E-state index in [0.29, 0.717) is 15.5 Å². The van der Waals surface area contributed by atoms with Crippen molar-refractivity contribution < 1.29 is 22.8 Å². The second kappa shape index (κ2) is 7.79. The minimum absolute atomic E-state index is 0.450. The number of amides is 3. The minimum atomic E-state index is -4.36. The summed E-state index contributed by atoms with van der Waals surface area (Å²) < 4.78 is 37.6. The Kier molecular flexibility index (Phi) is 5.97. The molecule has 0 bridgehead atoms. The van der Waals surface area contributed by atoms with Gasteiger partial charge in [0.25, 0.3) is 0 Å². The number of anilines is 1. The van der Waals surface area contributed by atoms with Gasteiger partial charge in [0.05, 0.1) is 5.56 Å². The van der Waals surface area contributed by atoms with Crippen LogP contribution in [0.3, 0.4) is 0 Å². The van der Waals surface area contributed by atoms with E-state index in [1.165, 1.54) is 30.9 Å². The van der Waals surface area contributed by atoms with Crippen LogP contribution in [0, 0.1) is 0 Å². The Labute approximate surface area is 151 Å². The van der Waals surface area contributed by atoms with Crippen molar-refractivity contribution in [3.05, 3.63) is 54.1 Å². The van der Waals surface area contributed by atoms with Crippen LogP contribution in [0.4, 0.5) is 28.4 Å². The number of alkyl halides is 3. The Morgan fingerprint density at radius 1 is 1.00 bits per heavy atom. The molecule has 0 heterocycles. The van der Waals surface area contributed by atoms with Gasteiger partial charge in [0.2, 0.25) is 0 Å². The molecule has 3 amide bonds. The summed E-state index contributed by atoms with van der Waals surface area (Å²) in [6, 6.07) is 10.8. The first kappa shape index (κ1) is 19.1. The van der Waals surface area contributed by atoms with Crippen molar-refractivity contribution in [3.8, 4) is 0 Å². The van der Waals surface area contributed by atoms with Gasteiger partial charge in [-0.25, -0.2) is 4.79 Å². The van der Waals surface area contributed by atoms with E-state index in [1.54, 1.807) is 24.3 Å². The van der Waals surface area contributed by atoms with E-state index in [1.807, 2.05) is 0 Å². The molecule has 0 aromatic heterocycles. The number of benzene rings is 2. The van der Waals surface area contributed by atoms with E-state index in [4.69, 9.17) is 11.6 Å². The van der Waals surface area contributed by atoms with Gasteiger partial charge in [-0.1, -0.05) is 11.8 Å². The molecule has 0 spiro atoms. The third-order valence-corrected chi connectivity index (χ3v) is 4.36. The first-order valence-corrected chi connectivity index (χ1v) is 8.05. The van der Waals surface area contributed by atoms with Gasteiger partial charge in [-0.2, -0.15) is 13.2 Å². The minimum Gasteiger partial charge on any atom is -0.307 e. The molecule has 0 fully saturated rings. The van der Waals surface area contributed by atoms with Crippen molar-refractivity contribution >= 4 is 40.4 Å². The predicted molar refractivity (Wildman–Crippen MR) is 90.0 cm³/mol. The van der Waals surface area contributed by atoms with Crippen molar-refractivity contribution in [2.75, 3.05) is 12.4 Å². The van der Waals surface area contributed by atoms with Gasteiger partial charge in [-0.15, -0.1) is 0 Å². The molecule has 2 rings (SSSR count). The number of rotatable bonds is 3. The Bertz CT molecular complexity index is 764. The quantitative estimate of drug-likeness (QED) is 0.543. The Morgan fingerprint density at radius 2 is 1.48 bits per heavy atom. The van der Waals surface area contributed by atoms with Gasteiger partial charge in [0, 0.05) is 22.5 Å². The van der Waals surface area contributed by atoms with Gasteiger partial charge in [0.1, 0.15) is 0 Å². The molecule has 2 aromatic rings. The maximum Gasteiger partial charge on any atom is 0.416 e. The van der Waals surface area contributed by atoms with E-state index in [-0.39, 0.29) is 0 Å². The summed E-state index contributed by atoms with van der Waals surface area (Å²) in [6.07, 6.45) is -4.36.